The Balaban J connectivity index is 1.67. The van der Waals surface area contributed by atoms with Crippen molar-refractivity contribution in [3.05, 3.63) is 87.2 Å². The lowest BCUT2D eigenvalue weighted by Gasteiger charge is -2.25. The van der Waals surface area contributed by atoms with Crippen LogP contribution in [-0.4, -0.2) is 33.8 Å². The fourth-order valence-corrected chi connectivity index (χ4v) is 4.19. The van der Waals surface area contributed by atoms with E-state index in [2.05, 4.69) is 10.3 Å². The molecule has 1 aromatic heterocycles. The van der Waals surface area contributed by atoms with E-state index >= 15 is 0 Å². The summed E-state index contributed by atoms with van der Waals surface area (Å²) in [5, 5.41) is 2.61. The van der Waals surface area contributed by atoms with Crippen LogP contribution < -0.4 is 10.9 Å². The fourth-order valence-electron chi connectivity index (χ4n) is 4.19. The zero-order valence-electron chi connectivity index (χ0n) is 19.4. The minimum absolute atomic E-state index is 0.0836. The molecule has 35 heavy (non-hydrogen) atoms. The number of hydrogen-bond acceptors (Lipinski definition) is 4. The van der Waals surface area contributed by atoms with Crippen LogP contribution in [0, 0.1) is 5.82 Å². The third-order valence-corrected chi connectivity index (χ3v) is 5.96. The molecular formula is C25H24F4N4O2. The maximum Gasteiger partial charge on any atom is 0.419 e. The number of halogens is 4. The van der Waals surface area contributed by atoms with Gasteiger partial charge in [0.2, 0.25) is 0 Å². The van der Waals surface area contributed by atoms with Crippen LogP contribution in [0.5, 0.6) is 0 Å². The number of aliphatic imine (C=N–C) groups is 1. The van der Waals surface area contributed by atoms with Gasteiger partial charge in [-0.25, -0.2) is 4.39 Å². The highest BCUT2D eigenvalue weighted by Crippen LogP contribution is 2.34. The van der Waals surface area contributed by atoms with E-state index in [1.807, 2.05) is 24.9 Å². The van der Waals surface area contributed by atoms with Crippen LogP contribution >= 0.6 is 0 Å². The highest BCUT2D eigenvalue weighted by molar-refractivity contribution is 6.24. The number of benzene rings is 1. The summed E-state index contributed by atoms with van der Waals surface area (Å²) >= 11 is 0. The lowest BCUT2D eigenvalue weighted by atomic mass is 9.99. The Kier molecular flexibility index (Phi) is 6.40. The number of hydrogen-bond donors (Lipinski definition) is 1. The number of pyridine rings is 1. The van der Waals surface area contributed by atoms with E-state index < -0.39 is 29.5 Å². The predicted molar refractivity (Wildman–Crippen MR) is 124 cm³/mol. The monoisotopic (exact) mass is 488 g/mol. The van der Waals surface area contributed by atoms with Crippen molar-refractivity contribution >= 4 is 17.3 Å². The van der Waals surface area contributed by atoms with Gasteiger partial charge in [0.1, 0.15) is 11.7 Å². The lowest BCUT2D eigenvalue weighted by Crippen LogP contribution is -2.37. The van der Waals surface area contributed by atoms with E-state index in [9.17, 15) is 27.2 Å². The Bertz CT molecular complexity index is 1320. The highest BCUT2D eigenvalue weighted by atomic mass is 19.4. The van der Waals surface area contributed by atoms with Crippen LogP contribution in [-0.2, 0) is 17.5 Å². The minimum atomic E-state index is -4.85. The second-order valence-electron chi connectivity index (χ2n) is 8.54. The molecule has 2 aromatic rings. The molecular weight excluding hydrogens is 464 g/mol. The van der Waals surface area contributed by atoms with Gasteiger partial charge < -0.3 is 14.8 Å². The maximum absolute atomic E-state index is 14.6. The number of alkyl halides is 3. The molecule has 1 amide bonds. The quantitative estimate of drug-likeness (QED) is 0.639. The molecule has 0 radical (unpaired) electrons. The summed E-state index contributed by atoms with van der Waals surface area (Å²) in [6, 6.07) is 4.98. The second kappa shape index (κ2) is 9.16. The van der Waals surface area contributed by atoms with Crippen molar-refractivity contribution in [2.24, 2.45) is 4.99 Å². The average Bonchev–Trinajstić information content (AvgIpc) is 3.17. The van der Waals surface area contributed by atoms with Crippen molar-refractivity contribution in [2.45, 2.75) is 45.6 Å². The molecule has 184 valence electrons. The van der Waals surface area contributed by atoms with Gasteiger partial charge in [-0.05, 0) is 44.5 Å². The molecule has 2 aliphatic rings. The number of aryl methyl sites for hydroxylation is 1. The van der Waals surface area contributed by atoms with Gasteiger partial charge in [0, 0.05) is 42.7 Å². The molecule has 0 spiro atoms. The molecule has 0 unspecified atom stereocenters. The van der Waals surface area contributed by atoms with Crippen molar-refractivity contribution in [1.82, 2.24) is 14.8 Å². The first-order valence-electron chi connectivity index (χ1n) is 11.1. The first-order valence-corrected chi connectivity index (χ1v) is 11.1. The van der Waals surface area contributed by atoms with Gasteiger partial charge in [0.15, 0.2) is 0 Å². The largest absolute Gasteiger partial charge is 0.419 e. The molecule has 0 saturated heterocycles. The lowest BCUT2D eigenvalue weighted by molar-refractivity contribution is -0.140. The van der Waals surface area contributed by atoms with E-state index in [0.717, 1.165) is 6.07 Å². The van der Waals surface area contributed by atoms with E-state index in [0.29, 0.717) is 36.1 Å². The summed E-state index contributed by atoms with van der Waals surface area (Å²) in [6.45, 7) is 6.17. The number of amidine groups is 1. The van der Waals surface area contributed by atoms with Crippen LogP contribution in [0.3, 0.4) is 0 Å². The molecule has 0 saturated carbocycles. The first-order chi connectivity index (χ1) is 16.5. The molecule has 2 atom stereocenters. The Morgan fingerprint density at radius 1 is 1.26 bits per heavy atom. The third-order valence-electron chi connectivity index (χ3n) is 5.96. The van der Waals surface area contributed by atoms with Crippen molar-refractivity contribution < 1.29 is 22.4 Å². The summed E-state index contributed by atoms with van der Waals surface area (Å²) in [4.78, 5) is 31.6. The van der Waals surface area contributed by atoms with Gasteiger partial charge in [-0.1, -0.05) is 12.1 Å². The molecule has 1 N–H and O–H groups in total. The summed E-state index contributed by atoms with van der Waals surface area (Å²) < 4.78 is 55.5. The number of carbonyl (C=O) groups is 1. The average molecular weight is 488 g/mol. The van der Waals surface area contributed by atoms with Crippen molar-refractivity contribution in [1.29, 1.82) is 0 Å². The molecule has 3 heterocycles. The van der Waals surface area contributed by atoms with Gasteiger partial charge >= 0.3 is 6.18 Å². The first kappa shape index (κ1) is 24.4. The van der Waals surface area contributed by atoms with Crippen LogP contribution in [0.1, 0.15) is 43.5 Å². The molecule has 6 nitrogen and oxygen atoms in total. The van der Waals surface area contributed by atoms with Crippen LogP contribution in [0.25, 0.3) is 5.57 Å². The van der Waals surface area contributed by atoms with Gasteiger partial charge in [0.05, 0.1) is 23.2 Å². The summed E-state index contributed by atoms with van der Waals surface area (Å²) in [7, 11) is 0. The topological polar surface area (TPSA) is 66.7 Å². The summed E-state index contributed by atoms with van der Waals surface area (Å²) in [5.41, 5.74) is -0.210. The number of rotatable bonds is 5. The second-order valence-corrected chi connectivity index (χ2v) is 8.54. The molecule has 2 aliphatic heterocycles. The summed E-state index contributed by atoms with van der Waals surface area (Å²) in [6.07, 6.45) is 0.314. The highest BCUT2D eigenvalue weighted by Gasteiger charge is 2.36. The van der Waals surface area contributed by atoms with Crippen LogP contribution in [0.2, 0.25) is 0 Å². The van der Waals surface area contributed by atoms with E-state index in [1.54, 1.807) is 22.9 Å². The fraction of sp³-hybridized carbons (Fsp3) is 0.320. The van der Waals surface area contributed by atoms with Gasteiger partial charge in [0.25, 0.3) is 11.5 Å². The molecule has 1 aromatic carbocycles. The number of nitrogens with one attached hydrogen (secondary N) is 1. The van der Waals surface area contributed by atoms with Crippen molar-refractivity contribution in [2.75, 3.05) is 6.54 Å². The molecule has 10 heteroatoms. The molecule has 4 rings (SSSR count). The number of allylic oxidation sites excluding steroid dienone is 2. The Morgan fingerprint density at radius 3 is 2.69 bits per heavy atom. The Labute approximate surface area is 199 Å². The number of amides is 1. The van der Waals surface area contributed by atoms with Crippen molar-refractivity contribution in [3.8, 4) is 0 Å². The Hall–Kier alpha value is -3.69. The number of carbonyl (C=O) groups excluding carboxylic acids is 1. The van der Waals surface area contributed by atoms with E-state index in [4.69, 9.17) is 0 Å². The smallest absolute Gasteiger partial charge is 0.345 e. The van der Waals surface area contributed by atoms with E-state index in [1.165, 1.54) is 19.1 Å². The van der Waals surface area contributed by atoms with Crippen LogP contribution in [0.4, 0.5) is 17.6 Å². The van der Waals surface area contributed by atoms with Gasteiger partial charge in [-0.15, -0.1) is 0 Å². The molecule has 0 bridgehead atoms. The maximum atomic E-state index is 14.6. The predicted octanol–water partition coefficient (Wildman–Crippen LogP) is 4.29. The van der Waals surface area contributed by atoms with Crippen LogP contribution in [0.15, 0.2) is 64.2 Å². The standard InChI is InChI=1S/C25H24F4N4O2/c1-4-32-12-16(8-9-21(32)34)17-10-19(23-30-14(2)11-33(23)13-17)24(35)31-15(3)18-6-5-7-20(22(18)26)25(27,28)29/h5-10,12-15H,4,11H2,1-3H3,(H,31,35)/t14-,15-/m1/s1. The van der Waals surface area contributed by atoms with Crippen molar-refractivity contribution in [3.63, 3.8) is 0 Å². The normalized spacial score (nSPS) is 18.4. The molecule has 0 aliphatic carbocycles. The van der Waals surface area contributed by atoms with E-state index in [-0.39, 0.29) is 22.7 Å². The molecule has 0 fully saturated rings. The SMILES string of the molecule is CCn1cc(C2=CN3C[C@@H](C)N=C3C(C(=O)N[C@H](C)c3cccc(C(F)(F)F)c3F)=C2)ccc1=O. The third kappa shape index (κ3) is 4.78. The minimum Gasteiger partial charge on any atom is -0.345 e. The zero-order chi connectivity index (χ0) is 25.5. The Morgan fingerprint density at radius 2 is 2.00 bits per heavy atom. The summed E-state index contributed by atoms with van der Waals surface area (Å²) in [5.74, 6) is -1.58. The number of fused-ring (bicyclic) bond motifs is 1. The number of aromatic nitrogens is 1. The van der Waals surface area contributed by atoms with Gasteiger partial charge in [-0.3, -0.25) is 14.6 Å². The van der Waals surface area contributed by atoms with Gasteiger partial charge in [-0.2, -0.15) is 13.2 Å². The number of nitrogens with zero attached hydrogens (tertiary/aromatic N) is 3. The zero-order valence-corrected chi connectivity index (χ0v) is 19.4.